The quantitative estimate of drug-likeness (QED) is 0.419. The molecule has 0 aromatic heterocycles. The molecule has 1 aromatic carbocycles. The monoisotopic (exact) mass is 165 g/mol. The lowest BCUT2D eigenvalue weighted by Gasteiger charge is -1.82. The standard InChI is InChI=1S/C8H5PS/c10-9-7-6-8-4-2-1-3-5-8/h1-5H/p+1. The van der Waals surface area contributed by atoms with Gasteiger partial charge in [-0.3, -0.25) is 0 Å². The predicted octanol–water partition coefficient (Wildman–Crippen LogP) is 2.14. The van der Waals surface area contributed by atoms with Gasteiger partial charge in [-0.15, -0.1) is 0 Å². The van der Waals surface area contributed by atoms with E-state index < -0.39 is 0 Å². The zero-order valence-electron chi connectivity index (χ0n) is 5.29. The molecule has 1 aromatic rings. The van der Waals surface area contributed by atoms with Crippen molar-refractivity contribution in [2.75, 3.05) is 0 Å². The largest absolute Gasteiger partial charge is 0.249 e. The SMILES string of the molecule is S=[PH+]C#Cc1ccccc1. The first-order valence-electron chi connectivity index (χ1n) is 2.86. The maximum atomic E-state index is 4.71. The van der Waals surface area contributed by atoms with E-state index in [4.69, 9.17) is 11.8 Å². The number of benzene rings is 1. The second-order valence-corrected chi connectivity index (χ2v) is 2.78. The minimum atomic E-state index is 0.306. The van der Waals surface area contributed by atoms with Gasteiger partial charge in [0, 0.05) is 5.56 Å². The Kier molecular flexibility index (Phi) is 3.09. The molecule has 0 aliphatic heterocycles. The number of hydrogen-bond donors (Lipinski definition) is 0. The van der Waals surface area contributed by atoms with Crippen LogP contribution in [0.4, 0.5) is 0 Å². The van der Waals surface area contributed by atoms with Gasteiger partial charge in [0.15, 0.2) is 17.5 Å². The van der Waals surface area contributed by atoms with Gasteiger partial charge in [-0.2, -0.15) is 0 Å². The molecule has 0 amide bonds. The van der Waals surface area contributed by atoms with Crippen molar-refractivity contribution in [3.05, 3.63) is 35.9 Å². The Morgan fingerprint density at radius 2 is 1.90 bits per heavy atom. The Morgan fingerprint density at radius 3 is 2.50 bits per heavy atom. The molecule has 0 heterocycles. The molecule has 0 aliphatic carbocycles. The Labute approximate surface area is 67.1 Å². The second kappa shape index (κ2) is 4.17. The van der Waals surface area contributed by atoms with E-state index in [0.717, 1.165) is 5.56 Å². The molecule has 0 nitrogen and oxygen atoms in total. The van der Waals surface area contributed by atoms with Crippen molar-refractivity contribution in [2.24, 2.45) is 0 Å². The molecule has 0 fully saturated rings. The van der Waals surface area contributed by atoms with Crippen LogP contribution in [0.2, 0.25) is 0 Å². The molecule has 0 bridgehead atoms. The van der Waals surface area contributed by atoms with Crippen molar-refractivity contribution in [3.8, 4) is 11.6 Å². The normalized spacial score (nSPS) is 8.40. The van der Waals surface area contributed by atoms with E-state index in [0.29, 0.717) is 7.36 Å². The van der Waals surface area contributed by atoms with E-state index in [1.807, 2.05) is 30.3 Å². The molecule has 2 heteroatoms. The van der Waals surface area contributed by atoms with Crippen LogP contribution in [0, 0.1) is 11.6 Å². The third kappa shape index (κ3) is 2.27. The van der Waals surface area contributed by atoms with Crippen LogP contribution in [-0.4, -0.2) is 0 Å². The van der Waals surface area contributed by atoms with Crippen LogP contribution in [0.3, 0.4) is 0 Å². The van der Waals surface area contributed by atoms with Gasteiger partial charge in [0.1, 0.15) is 0 Å². The minimum Gasteiger partial charge on any atom is -0.0622 e. The zero-order valence-corrected chi connectivity index (χ0v) is 7.11. The fraction of sp³-hybridized carbons (Fsp3) is 0. The first kappa shape index (κ1) is 7.41. The maximum absolute atomic E-state index is 4.71. The van der Waals surface area contributed by atoms with Gasteiger partial charge in [0.05, 0.1) is 0 Å². The summed E-state index contributed by atoms with van der Waals surface area (Å²) in [5.41, 5.74) is 3.90. The van der Waals surface area contributed by atoms with Crippen LogP contribution in [-0.2, 0) is 11.8 Å². The molecule has 0 radical (unpaired) electrons. The molecule has 0 saturated heterocycles. The average Bonchev–Trinajstić information content (AvgIpc) is 2.03. The summed E-state index contributed by atoms with van der Waals surface area (Å²) in [4.78, 5) is 0. The van der Waals surface area contributed by atoms with Crippen LogP contribution >= 0.6 is 7.36 Å². The van der Waals surface area contributed by atoms with Crippen molar-refractivity contribution in [1.82, 2.24) is 0 Å². The molecular formula is C8H6PS+. The minimum absolute atomic E-state index is 0.306. The third-order valence-corrected chi connectivity index (χ3v) is 1.56. The topological polar surface area (TPSA) is 0 Å². The Hall–Kier alpha value is -0.700. The molecular weight excluding hydrogens is 159 g/mol. The highest BCUT2D eigenvalue weighted by molar-refractivity contribution is 7.98. The Balaban J connectivity index is 2.86. The second-order valence-electron chi connectivity index (χ2n) is 1.72. The van der Waals surface area contributed by atoms with Gasteiger partial charge in [0.25, 0.3) is 0 Å². The van der Waals surface area contributed by atoms with E-state index >= 15 is 0 Å². The molecule has 10 heavy (non-hydrogen) atoms. The van der Waals surface area contributed by atoms with Crippen LogP contribution in [0.5, 0.6) is 0 Å². The molecule has 0 N–H and O–H groups in total. The molecule has 1 unspecified atom stereocenters. The summed E-state index contributed by atoms with van der Waals surface area (Å²) in [5.74, 6) is 2.95. The van der Waals surface area contributed by atoms with E-state index in [1.54, 1.807) is 0 Å². The first-order valence-corrected chi connectivity index (χ1v) is 5.00. The van der Waals surface area contributed by atoms with Crippen LogP contribution in [0.25, 0.3) is 0 Å². The van der Waals surface area contributed by atoms with Gasteiger partial charge in [0.2, 0.25) is 7.36 Å². The van der Waals surface area contributed by atoms with Gasteiger partial charge >= 0.3 is 0 Å². The van der Waals surface area contributed by atoms with Gasteiger partial charge in [-0.1, -0.05) is 18.2 Å². The fourth-order valence-corrected chi connectivity index (χ4v) is 0.968. The summed E-state index contributed by atoms with van der Waals surface area (Å²) in [5, 5.41) is 0. The first-order chi connectivity index (χ1) is 4.93. The predicted molar refractivity (Wildman–Crippen MR) is 49.0 cm³/mol. The summed E-state index contributed by atoms with van der Waals surface area (Å²) in [6.07, 6.45) is 0. The average molecular weight is 165 g/mol. The van der Waals surface area contributed by atoms with Crippen LogP contribution in [0.15, 0.2) is 30.3 Å². The summed E-state index contributed by atoms with van der Waals surface area (Å²) in [7, 11) is 0.306. The summed E-state index contributed by atoms with van der Waals surface area (Å²) < 4.78 is 0. The van der Waals surface area contributed by atoms with Gasteiger partial charge in [-0.05, 0) is 18.1 Å². The van der Waals surface area contributed by atoms with Gasteiger partial charge in [-0.25, -0.2) is 0 Å². The van der Waals surface area contributed by atoms with Crippen LogP contribution < -0.4 is 0 Å². The molecule has 48 valence electrons. The smallest absolute Gasteiger partial charge is 0.0622 e. The van der Waals surface area contributed by atoms with Crippen LogP contribution in [0.1, 0.15) is 5.56 Å². The van der Waals surface area contributed by atoms with E-state index in [-0.39, 0.29) is 0 Å². The Morgan fingerprint density at radius 1 is 1.20 bits per heavy atom. The summed E-state index contributed by atoms with van der Waals surface area (Å²) >= 11 is 4.71. The van der Waals surface area contributed by atoms with Crippen molar-refractivity contribution >= 4 is 19.2 Å². The highest BCUT2D eigenvalue weighted by Gasteiger charge is 1.80. The number of rotatable bonds is 0. The van der Waals surface area contributed by atoms with Crippen molar-refractivity contribution in [2.45, 2.75) is 0 Å². The fourth-order valence-electron chi connectivity index (χ4n) is 0.619. The number of hydrogen-bond acceptors (Lipinski definition) is 1. The maximum Gasteiger partial charge on any atom is 0.249 e. The lowest BCUT2D eigenvalue weighted by Crippen LogP contribution is -1.67. The third-order valence-electron chi connectivity index (χ3n) is 1.03. The van der Waals surface area contributed by atoms with Gasteiger partial charge < -0.3 is 0 Å². The molecule has 1 atom stereocenters. The molecule has 0 aliphatic rings. The molecule has 0 saturated carbocycles. The van der Waals surface area contributed by atoms with Crippen molar-refractivity contribution in [1.29, 1.82) is 0 Å². The van der Waals surface area contributed by atoms with Crippen molar-refractivity contribution in [3.63, 3.8) is 0 Å². The van der Waals surface area contributed by atoms with E-state index in [2.05, 4.69) is 11.6 Å². The van der Waals surface area contributed by atoms with E-state index in [9.17, 15) is 0 Å². The highest BCUT2D eigenvalue weighted by Crippen LogP contribution is 1.96. The zero-order chi connectivity index (χ0) is 7.23. The lowest BCUT2D eigenvalue weighted by atomic mass is 10.2. The lowest BCUT2D eigenvalue weighted by molar-refractivity contribution is 1.65. The molecule has 1 rings (SSSR count). The Bertz CT molecular complexity index is 268. The summed E-state index contributed by atoms with van der Waals surface area (Å²) in [6, 6.07) is 9.86. The van der Waals surface area contributed by atoms with Crippen molar-refractivity contribution < 1.29 is 0 Å². The highest BCUT2D eigenvalue weighted by atomic mass is 32.4. The summed E-state index contributed by atoms with van der Waals surface area (Å²) in [6.45, 7) is 0. The molecule has 0 spiro atoms. The van der Waals surface area contributed by atoms with E-state index in [1.165, 1.54) is 0 Å².